The summed E-state index contributed by atoms with van der Waals surface area (Å²) in [6.07, 6.45) is 1.64. The van der Waals surface area contributed by atoms with Crippen LogP contribution in [0.2, 0.25) is 0 Å². The zero-order chi connectivity index (χ0) is 20.1. The summed E-state index contributed by atoms with van der Waals surface area (Å²) in [7, 11) is 0. The smallest absolute Gasteiger partial charge is 0.338 e. The van der Waals surface area contributed by atoms with Crippen LogP contribution in [0.25, 0.3) is 11.0 Å². The molecule has 0 aliphatic rings. The van der Waals surface area contributed by atoms with E-state index in [1.807, 2.05) is 60.7 Å². The first-order valence-electron chi connectivity index (χ1n) is 9.26. The molecule has 0 aliphatic carbocycles. The van der Waals surface area contributed by atoms with E-state index in [9.17, 15) is 9.59 Å². The van der Waals surface area contributed by atoms with E-state index >= 15 is 0 Å². The average molecular weight is 385 g/mol. The van der Waals surface area contributed by atoms with Crippen molar-refractivity contribution < 1.29 is 14.3 Å². The van der Waals surface area contributed by atoms with Crippen LogP contribution in [0, 0.1) is 0 Å². The number of imidazole rings is 1. The molecule has 0 radical (unpaired) electrons. The van der Waals surface area contributed by atoms with Crippen LogP contribution in [0.1, 0.15) is 16.8 Å². The fraction of sp³-hybridized carbons (Fsp3) is 0.0870. The third-order valence-corrected chi connectivity index (χ3v) is 4.48. The highest BCUT2D eigenvalue weighted by Crippen LogP contribution is 2.25. The summed E-state index contributed by atoms with van der Waals surface area (Å²) in [4.78, 5) is 34.0. The fourth-order valence-corrected chi connectivity index (χ4v) is 3.08. The Hall–Kier alpha value is -3.93. The Balaban J connectivity index is 1.43. The number of carbonyl (C=O) groups excluding carboxylic acids is 2. The van der Waals surface area contributed by atoms with Crippen molar-refractivity contribution in [2.75, 3.05) is 11.5 Å². The Morgan fingerprint density at radius 1 is 0.897 bits per heavy atom. The SMILES string of the molecule is O=C(OCCC(=O)N(c1ccccc1)c1ccccc1)c1ccc2nc[nH]c2c1. The van der Waals surface area contributed by atoms with Crippen LogP contribution in [-0.4, -0.2) is 28.5 Å². The molecule has 4 rings (SSSR count). The van der Waals surface area contributed by atoms with Gasteiger partial charge in [-0.3, -0.25) is 9.69 Å². The van der Waals surface area contributed by atoms with E-state index in [-0.39, 0.29) is 18.9 Å². The number of hydrogen-bond acceptors (Lipinski definition) is 4. The molecule has 144 valence electrons. The van der Waals surface area contributed by atoms with E-state index in [0.717, 1.165) is 22.4 Å². The molecule has 0 atom stereocenters. The van der Waals surface area contributed by atoms with Crippen molar-refractivity contribution in [3.63, 3.8) is 0 Å². The number of benzene rings is 3. The van der Waals surface area contributed by atoms with E-state index in [1.165, 1.54) is 0 Å². The minimum absolute atomic E-state index is 0.00511. The number of ether oxygens (including phenoxy) is 1. The monoisotopic (exact) mass is 385 g/mol. The van der Waals surface area contributed by atoms with Gasteiger partial charge in [-0.2, -0.15) is 0 Å². The number of hydrogen-bond donors (Lipinski definition) is 1. The number of carbonyl (C=O) groups is 2. The molecular weight excluding hydrogens is 366 g/mol. The minimum Gasteiger partial charge on any atom is -0.462 e. The highest BCUT2D eigenvalue weighted by atomic mass is 16.5. The lowest BCUT2D eigenvalue weighted by Gasteiger charge is -2.23. The number of anilines is 2. The van der Waals surface area contributed by atoms with E-state index in [4.69, 9.17) is 4.74 Å². The van der Waals surface area contributed by atoms with Gasteiger partial charge < -0.3 is 9.72 Å². The van der Waals surface area contributed by atoms with Gasteiger partial charge in [-0.1, -0.05) is 36.4 Å². The summed E-state index contributed by atoms with van der Waals surface area (Å²) in [5.41, 5.74) is 3.48. The topological polar surface area (TPSA) is 75.3 Å². The van der Waals surface area contributed by atoms with E-state index < -0.39 is 5.97 Å². The summed E-state index contributed by atoms with van der Waals surface area (Å²) < 4.78 is 5.33. The number of esters is 1. The Morgan fingerprint density at radius 3 is 2.21 bits per heavy atom. The van der Waals surface area contributed by atoms with Crippen molar-refractivity contribution in [2.24, 2.45) is 0 Å². The predicted octanol–water partition coefficient (Wildman–Crippen LogP) is 4.47. The van der Waals surface area contributed by atoms with Crippen LogP contribution < -0.4 is 4.90 Å². The third-order valence-electron chi connectivity index (χ3n) is 4.48. The van der Waals surface area contributed by atoms with Crippen molar-refractivity contribution in [3.05, 3.63) is 90.8 Å². The highest BCUT2D eigenvalue weighted by Gasteiger charge is 2.18. The molecule has 0 saturated heterocycles. The van der Waals surface area contributed by atoms with E-state index in [2.05, 4.69) is 9.97 Å². The number of aromatic amines is 1. The molecule has 0 bridgehead atoms. The van der Waals surface area contributed by atoms with Gasteiger partial charge in [0.25, 0.3) is 0 Å². The Bertz CT molecular complexity index is 1080. The maximum atomic E-state index is 12.9. The second kappa shape index (κ2) is 8.39. The summed E-state index contributed by atoms with van der Waals surface area (Å²) in [6, 6.07) is 23.9. The molecule has 0 spiro atoms. The Kier molecular flexibility index (Phi) is 5.33. The van der Waals surface area contributed by atoms with Crippen LogP contribution in [0.4, 0.5) is 11.4 Å². The lowest BCUT2D eigenvalue weighted by molar-refractivity contribution is -0.118. The first kappa shape index (κ1) is 18.4. The van der Waals surface area contributed by atoms with Crippen molar-refractivity contribution in [2.45, 2.75) is 6.42 Å². The number of H-pyrrole nitrogens is 1. The third kappa shape index (κ3) is 4.16. The molecule has 3 aromatic carbocycles. The quantitative estimate of drug-likeness (QED) is 0.497. The van der Waals surface area contributed by atoms with E-state index in [1.54, 1.807) is 29.4 Å². The van der Waals surface area contributed by atoms with Crippen LogP contribution >= 0.6 is 0 Å². The zero-order valence-electron chi connectivity index (χ0n) is 15.6. The molecule has 4 aromatic rings. The lowest BCUT2D eigenvalue weighted by atomic mass is 10.2. The second-order valence-electron chi connectivity index (χ2n) is 6.42. The van der Waals surface area contributed by atoms with Crippen molar-refractivity contribution in [1.82, 2.24) is 9.97 Å². The predicted molar refractivity (Wildman–Crippen MR) is 111 cm³/mol. The summed E-state index contributed by atoms with van der Waals surface area (Å²) in [5.74, 6) is -0.625. The van der Waals surface area contributed by atoms with Gasteiger partial charge in [0.2, 0.25) is 5.91 Å². The average Bonchev–Trinajstić information content (AvgIpc) is 3.23. The molecule has 6 nitrogen and oxygen atoms in total. The molecule has 1 heterocycles. The Labute approximate surface area is 167 Å². The summed E-state index contributed by atoms with van der Waals surface area (Å²) in [6.45, 7) is -0.00511. The zero-order valence-corrected chi connectivity index (χ0v) is 15.6. The maximum absolute atomic E-state index is 12.9. The van der Waals surface area contributed by atoms with Crippen LogP contribution in [-0.2, 0) is 9.53 Å². The molecule has 0 unspecified atom stereocenters. The molecular formula is C23H19N3O3. The van der Waals surface area contributed by atoms with Gasteiger partial charge in [0.1, 0.15) is 6.61 Å². The minimum atomic E-state index is -0.472. The van der Waals surface area contributed by atoms with Gasteiger partial charge in [-0.15, -0.1) is 0 Å². The van der Waals surface area contributed by atoms with Gasteiger partial charge >= 0.3 is 5.97 Å². The molecule has 0 aliphatic heterocycles. The normalized spacial score (nSPS) is 10.6. The van der Waals surface area contributed by atoms with Crippen LogP contribution in [0.15, 0.2) is 85.2 Å². The molecule has 29 heavy (non-hydrogen) atoms. The molecule has 0 saturated carbocycles. The number of fused-ring (bicyclic) bond motifs is 1. The molecule has 1 amide bonds. The van der Waals surface area contributed by atoms with Gasteiger partial charge in [0, 0.05) is 11.4 Å². The van der Waals surface area contributed by atoms with Crippen LogP contribution in [0.5, 0.6) is 0 Å². The van der Waals surface area contributed by atoms with Gasteiger partial charge in [-0.25, -0.2) is 9.78 Å². The van der Waals surface area contributed by atoms with Crippen LogP contribution in [0.3, 0.4) is 0 Å². The largest absolute Gasteiger partial charge is 0.462 e. The second-order valence-corrected chi connectivity index (χ2v) is 6.42. The van der Waals surface area contributed by atoms with Crippen molar-refractivity contribution in [3.8, 4) is 0 Å². The number of rotatable bonds is 6. The Morgan fingerprint density at radius 2 is 1.55 bits per heavy atom. The highest BCUT2D eigenvalue weighted by molar-refractivity contribution is 6.00. The summed E-state index contributed by atoms with van der Waals surface area (Å²) >= 11 is 0. The van der Waals surface area contributed by atoms with E-state index in [0.29, 0.717) is 5.56 Å². The first-order chi connectivity index (χ1) is 14.2. The first-order valence-corrected chi connectivity index (χ1v) is 9.26. The molecule has 6 heteroatoms. The van der Waals surface area contributed by atoms with Gasteiger partial charge in [0.15, 0.2) is 0 Å². The molecule has 1 N–H and O–H groups in total. The standard InChI is InChI=1S/C23H19N3O3/c27-22(26(18-7-3-1-4-8-18)19-9-5-2-6-10-19)13-14-29-23(28)17-11-12-20-21(15-17)25-16-24-20/h1-12,15-16H,13-14H2,(H,24,25). The van der Waals surface area contributed by atoms with Crippen molar-refractivity contribution >= 4 is 34.3 Å². The lowest BCUT2D eigenvalue weighted by Crippen LogP contribution is -2.27. The van der Waals surface area contributed by atoms with Gasteiger partial charge in [-0.05, 0) is 42.5 Å². The molecule has 0 fully saturated rings. The number of amides is 1. The number of para-hydroxylation sites is 2. The number of nitrogens with zero attached hydrogens (tertiary/aromatic N) is 2. The number of aromatic nitrogens is 2. The fourth-order valence-electron chi connectivity index (χ4n) is 3.08. The molecule has 1 aromatic heterocycles. The van der Waals surface area contributed by atoms with Crippen molar-refractivity contribution in [1.29, 1.82) is 0 Å². The maximum Gasteiger partial charge on any atom is 0.338 e. The summed E-state index contributed by atoms with van der Waals surface area (Å²) in [5, 5.41) is 0. The number of nitrogens with one attached hydrogen (secondary N) is 1. The van der Waals surface area contributed by atoms with Gasteiger partial charge in [0.05, 0.1) is 29.3 Å².